The van der Waals surface area contributed by atoms with Gasteiger partial charge in [0.2, 0.25) is 5.89 Å². The molecule has 0 spiro atoms. The van der Waals surface area contributed by atoms with E-state index in [1.165, 1.54) is 13.4 Å². The van der Waals surface area contributed by atoms with Gasteiger partial charge in [-0.3, -0.25) is 0 Å². The van der Waals surface area contributed by atoms with Crippen molar-refractivity contribution in [3.8, 4) is 0 Å². The Hall–Kier alpha value is -1.07. The zero-order valence-corrected chi connectivity index (χ0v) is 10.5. The average molecular weight is 247 g/mol. The largest absolute Gasteiger partial charge is 0.464 e. The van der Waals surface area contributed by atoms with Crippen molar-refractivity contribution < 1.29 is 13.9 Å². The molecule has 5 nitrogen and oxygen atoms in total. The van der Waals surface area contributed by atoms with E-state index in [1.807, 2.05) is 20.8 Å². The lowest BCUT2D eigenvalue weighted by molar-refractivity contribution is 0.0594. The average Bonchev–Trinajstić information content (AvgIpc) is 2.76. The predicted octanol–water partition coefficient (Wildman–Crippen LogP) is 1.87. The second-order valence-electron chi connectivity index (χ2n) is 4.08. The standard InChI is InChI=1S/C10H15ClN2O3/c1-6(13-11)10(2,3)9-12-7(5-16-9)8(14)15-4/h5-6,13H,1-4H3/t6-/m1/s1. The summed E-state index contributed by atoms with van der Waals surface area (Å²) in [4.78, 5) is 17.9. The smallest absolute Gasteiger partial charge is 0.360 e. The van der Waals surface area contributed by atoms with Crippen LogP contribution in [0.25, 0.3) is 0 Å². The Bertz CT molecular complexity index is 376. The number of esters is 1. The molecule has 1 heterocycles. The summed E-state index contributed by atoms with van der Waals surface area (Å²) in [6.07, 6.45) is 1.28. The molecule has 0 radical (unpaired) electrons. The molecule has 1 N–H and O–H groups in total. The van der Waals surface area contributed by atoms with E-state index in [9.17, 15) is 4.79 Å². The Morgan fingerprint density at radius 1 is 1.69 bits per heavy atom. The molecule has 0 fully saturated rings. The highest BCUT2D eigenvalue weighted by Crippen LogP contribution is 2.26. The molecule has 0 saturated carbocycles. The minimum Gasteiger partial charge on any atom is -0.464 e. The summed E-state index contributed by atoms with van der Waals surface area (Å²) in [5.74, 6) is -0.0779. The lowest BCUT2D eigenvalue weighted by Gasteiger charge is -2.26. The van der Waals surface area contributed by atoms with Gasteiger partial charge in [-0.05, 0) is 32.5 Å². The van der Waals surface area contributed by atoms with Crippen LogP contribution in [0.2, 0.25) is 0 Å². The maximum atomic E-state index is 11.2. The number of aromatic nitrogens is 1. The molecule has 1 aromatic heterocycles. The second-order valence-corrected chi connectivity index (χ2v) is 4.30. The molecule has 0 aromatic carbocycles. The molecule has 0 saturated heterocycles. The molecule has 6 heteroatoms. The third kappa shape index (κ3) is 2.36. The predicted molar refractivity (Wildman–Crippen MR) is 59.3 cm³/mol. The second kappa shape index (κ2) is 4.84. The number of carbonyl (C=O) groups is 1. The van der Waals surface area contributed by atoms with Gasteiger partial charge >= 0.3 is 5.97 Å². The zero-order valence-electron chi connectivity index (χ0n) is 9.70. The van der Waals surface area contributed by atoms with Gasteiger partial charge in [-0.1, -0.05) is 0 Å². The first kappa shape index (κ1) is 13.0. The van der Waals surface area contributed by atoms with Crippen molar-refractivity contribution >= 4 is 17.7 Å². The zero-order chi connectivity index (χ0) is 12.3. The summed E-state index contributed by atoms with van der Waals surface area (Å²) in [6.45, 7) is 5.73. The van der Waals surface area contributed by atoms with Crippen molar-refractivity contribution in [3.05, 3.63) is 17.8 Å². The van der Waals surface area contributed by atoms with Gasteiger partial charge in [0.25, 0.3) is 0 Å². The number of hydrogen-bond acceptors (Lipinski definition) is 5. The van der Waals surface area contributed by atoms with Gasteiger partial charge in [0.1, 0.15) is 6.26 Å². The minimum absolute atomic E-state index is 0.0571. The van der Waals surface area contributed by atoms with Crippen molar-refractivity contribution in [2.45, 2.75) is 32.2 Å². The molecule has 1 rings (SSSR count). The van der Waals surface area contributed by atoms with Gasteiger partial charge in [-0.15, -0.1) is 0 Å². The topological polar surface area (TPSA) is 64.4 Å². The molecule has 0 bridgehead atoms. The first-order valence-corrected chi connectivity index (χ1v) is 5.21. The van der Waals surface area contributed by atoms with Gasteiger partial charge in [-0.2, -0.15) is 0 Å². The van der Waals surface area contributed by atoms with Crippen LogP contribution in [-0.2, 0) is 10.2 Å². The van der Waals surface area contributed by atoms with Crippen LogP contribution in [0.1, 0.15) is 37.2 Å². The van der Waals surface area contributed by atoms with Gasteiger partial charge in [0.05, 0.1) is 12.5 Å². The number of nitrogens with one attached hydrogen (secondary N) is 1. The minimum atomic E-state index is -0.516. The van der Waals surface area contributed by atoms with Gasteiger partial charge in [0, 0.05) is 6.04 Å². The fraction of sp³-hybridized carbons (Fsp3) is 0.600. The highest BCUT2D eigenvalue weighted by Gasteiger charge is 2.33. The number of carbonyl (C=O) groups excluding carboxylic acids is 1. The highest BCUT2D eigenvalue weighted by atomic mass is 35.5. The molecule has 0 aliphatic rings. The van der Waals surface area contributed by atoms with Crippen molar-refractivity contribution in [1.82, 2.24) is 9.82 Å². The number of rotatable bonds is 4. The maximum Gasteiger partial charge on any atom is 0.360 e. The van der Waals surface area contributed by atoms with Crippen LogP contribution >= 0.6 is 11.8 Å². The molecular weight excluding hydrogens is 232 g/mol. The first-order chi connectivity index (χ1) is 7.43. The van der Waals surface area contributed by atoms with Crippen LogP contribution in [0.5, 0.6) is 0 Å². The lowest BCUT2D eigenvalue weighted by Crippen LogP contribution is -2.38. The summed E-state index contributed by atoms with van der Waals surface area (Å²) in [7, 11) is 1.30. The SMILES string of the molecule is COC(=O)c1coc(C(C)(C)[C@@H](C)NCl)n1. The third-order valence-corrected chi connectivity index (χ3v) is 3.02. The molecular formula is C10H15ClN2O3. The number of ether oxygens (including phenoxy) is 1. The maximum absolute atomic E-state index is 11.2. The van der Waals surface area contributed by atoms with Gasteiger partial charge in [0.15, 0.2) is 5.69 Å². The van der Waals surface area contributed by atoms with E-state index >= 15 is 0 Å². The molecule has 0 unspecified atom stereocenters. The summed E-state index contributed by atoms with van der Waals surface area (Å²) < 4.78 is 9.81. The van der Waals surface area contributed by atoms with Gasteiger partial charge in [-0.25, -0.2) is 14.6 Å². The van der Waals surface area contributed by atoms with Crippen LogP contribution in [0, 0.1) is 0 Å². The first-order valence-electron chi connectivity index (χ1n) is 4.84. The fourth-order valence-corrected chi connectivity index (χ4v) is 1.36. The van der Waals surface area contributed by atoms with E-state index in [1.54, 1.807) is 0 Å². The van der Waals surface area contributed by atoms with E-state index in [2.05, 4.69) is 14.6 Å². The van der Waals surface area contributed by atoms with Crippen molar-refractivity contribution in [2.75, 3.05) is 7.11 Å². The Morgan fingerprint density at radius 2 is 2.31 bits per heavy atom. The molecule has 1 atom stereocenters. The summed E-state index contributed by atoms with van der Waals surface area (Å²) >= 11 is 5.57. The van der Waals surface area contributed by atoms with Crippen molar-refractivity contribution in [2.24, 2.45) is 0 Å². The normalized spacial score (nSPS) is 13.6. The number of halogens is 1. The molecule has 16 heavy (non-hydrogen) atoms. The lowest BCUT2D eigenvalue weighted by atomic mass is 9.86. The molecule has 0 aliphatic carbocycles. The Balaban J connectivity index is 2.97. The number of hydrogen-bond donors (Lipinski definition) is 1. The monoisotopic (exact) mass is 246 g/mol. The fourth-order valence-electron chi connectivity index (χ4n) is 1.09. The van der Waals surface area contributed by atoms with E-state index in [0.717, 1.165) is 0 Å². The van der Waals surface area contributed by atoms with Crippen LogP contribution in [0.4, 0.5) is 0 Å². The molecule has 0 aliphatic heterocycles. The third-order valence-electron chi connectivity index (χ3n) is 2.70. The summed E-state index contributed by atoms with van der Waals surface area (Å²) in [5.41, 5.74) is -0.263. The number of methoxy groups -OCH3 is 1. The highest BCUT2D eigenvalue weighted by molar-refractivity contribution is 6.13. The van der Waals surface area contributed by atoms with Crippen LogP contribution in [-0.4, -0.2) is 24.1 Å². The molecule has 0 amide bonds. The van der Waals surface area contributed by atoms with Gasteiger partial charge < -0.3 is 9.15 Å². The number of oxazole rings is 1. The van der Waals surface area contributed by atoms with Crippen LogP contribution in [0.15, 0.2) is 10.7 Å². The molecule has 90 valence electrons. The van der Waals surface area contributed by atoms with Crippen molar-refractivity contribution in [1.29, 1.82) is 0 Å². The van der Waals surface area contributed by atoms with E-state index < -0.39 is 11.4 Å². The number of nitrogens with zero attached hydrogens (tertiary/aromatic N) is 1. The molecule has 1 aromatic rings. The van der Waals surface area contributed by atoms with E-state index in [0.29, 0.717) is 5.89 Å². The summed E-state index contributed by atoms with van der Waals surface area (Å²) in [6, 6.07) is -0.0571. The van der Waals surface area contributed by atoms with Crippen molar-refractivity contribution in [3.63, 3.8) is 0 Å². The van der Waals surface area contributed by atoms with Crippen LogP contribution < -0.4 is 4.84 Å². The van der Waals surface area contributed by atoms with E-state index in [-0.39, 0.29) is 11.7 Å². The van der Waals surface area contributed by atoms with E-state index in [4.69, 9.17) is 16.2 Å². The quantitative estimate of drug-likeness (QED) is 0.649. The Kier molecular flexibility index (Phi) is 3.93. The summed E-state index contributed by atoms with van der Waals surface area (Å²) in [5, 5.41) is 0. The van der Waals surface area contributed by atoms with Crippen LogP contribution in [0.3, 0.4) is 0 Å². The Morgan fingerprint density at radius 3 is 2.81 bits per heavy atom. The Labute approximate surface area is 99.2 Å².